The van der Waals surface area contributed by atoms with Gasteiger partial charge in [-0.05, 0) is 53.3 Å². The van der Waals surface area contributed by atoms with E-state index in [-0.39, 0.29) is 0 Å². The third-order valence-electron chi connectivity index (χ3n) is 5.46. The van der Waals surface area contributed by atoms with Gasteiger partial charge in [0.15, 0.2) is 12.6 Å². The van der Waals surface area contributed by atoms with Crippen LogP contribution in [0.1, 0.15) is 31.8 Å². The number of carbonyl (C=O) groups is 2. The van der Waals surface area contributed by atoms with Gasteiger partial charge in [-0.3, -0.25) is 9.59 Å². The Balaban J connectivity index is 2.14. The van der Waals surface area contributed by atoms with Crippen LogP contribution in [0.15, 0.2) is 84.9 Å². The van der Waals surface area contributed by atoms with Crippen molar-refractivity contribution >= 4 is 12.6 Å². The summed E-state index contributed by atoms with van der Waals surface area (Å²) in [7, 11) is 0. The fraction of sp³-hybridized carbons (Fsp3) is 0.0714. The van der Waals surface area contributed by atoms with Crippen molar-refractivity contribution in [2.45, 2.75) is 13.8 Å². The number of hydrogen-bond donors (Lipinski definition) is 0. The van der Waals surface area contributed by atoms with Crippen LogP contribution in [0.4, 0.5) is 0 Å². The van der Waals surface area contributed by atoms with E-state index in [1.54, 1.807) is 0 Å². The fourth-order valence-electron chi connectivity index (χ4n) is 4.07. The zero-order chi connectivity index (χ0) is 21.1. The summed E-state index contributed by atoms with van der Waals surface area (Å²) in [6, 6.07) is 28.0. The maximum Gasteiger partial charge on any atom is 0.151 e. The van der Waals surface area contributed by atoms with Crippen molar-refractivity contribution in [3.05, 3.63) is 107 Å². The summed E-state index contributed by atoms with van der Waals surface area (Å²) in [6.45, 7) is 4.08. The van der Waals surface area contributed by atoms with E-state index < -0.39 is 0 Å². The van der Waals surface area contributed by atoms with Gasteiger partial charge in [0.1, 0.15) is 0 Å². The minimum Gasteiger partial charge on any atom is -0.298 e. The Morgan fingerprint density at radius 2 is 1.17 bits per heavy atom. The van der Waals surface area contributed by atoms with Crippen molar-refractivity contribution in [1.29, 1.82) is 0 Å². The van der Waals surface area contributed by atoms with Crippen LogP contribution in [0, 0.1) is 13.8 Å². The molecule has 0 fully saturated rings. The van der Waals surface area contributed by atoms with Gasteiger partial charge in [-0.25, -0.2) is 0 Å². The zero-order valence-corrected chi connectivity index (χ0v) is 17.1. The van der Waals surface area contributed by atoms with Gasteiger partial charge in [0.2, 0.25) is 0 Å². The predicted molar refractivity (Wildman–Crippen MR) is 123 cm³/mol. The second-order valence-electron chi connectivity index (χ2n) is 7.46. The molecule has 0 aliphatic carbocycles. The number of aryl methyl sites for hydroxylation is 2. The Morgan fingerprint density at radius 3 is 1.73 bits per heavy atom. The normalized spacial score (nSPS) is 10.6. The van der Waals surface area contributed by atoms with E-state index in [2.05, 4.69) is 6.07 Å². The van der Waals surface area contributed by atoms with Crippen molar-refractivity contribution in [2.75, 3.05) is 0 Å². The van der Waals surface area contributed by atoms with Gasteiger partial charge >= 0.3 is 0 Å². The summed E-state index contributed by atoms with van der Waals surface area (Å²) < 4.78 is 0. The topological polar surface area (TPSA) is 34.1 Å². The molecule has 4 aromatic rings. The van der Waals surface area contributed by atoms with Crippen LogP contribution >= 0.6 is 0 Å². The monoisotopic (exact) mass is 390 g/mol. The van der Waals surface area contributed by atoms with E-state index in [0.29, 0.717) is 11.1 Å². The maximum absolute atomic E-state index is 12.3. The van der Waals surface area contributed by atoms with Crippen LogP contribution in [-0.4, -0.2) is 12.6 Å². The molecule has 146 valence electrons. The van der Waals surface area contributed by atoms with E-state index in [4.69, 9.17) is 0 Å². The zero-order valence-electron chi connectivity index (χ0n) is 17.1. The van der Waals surface area contributed by atoms with Crippen molar-refractivity contribution in [3.63, 3.8) is 0 Å². The molecule has 0 N–H and O–H groups in total. The standard InChI is InChI=1S/C28H22O2/c1-19-13-14-23(20(2)15-19)25-16-24(21-9-5-3-6-10-21)28(22-11-7-4-8-12-22)27(18-30)26(25)17-29/h3-18H,1-2H3. The average Bonchev–Trinajstić information content (AvgIpc) is 2.79. The summed E-state index contributed by atoms with van der Waals surface area (Å²) in [5.74, 6) is 0. The summed E-state index contributed by atoms with van der Waals surface area (Å²) in [4.78, 5) is 24.6. The molecule has 0 saturated heterocycles. The van der Waals surface area contributed by atoms with Crippen molar-refractivity contribution in [3.8, 4) is 33.4 Å². The molecule has 2 heteroatoms. The minimum atomic E-state index is 0.424. The van der Waals surface area contributed by atoms with E-state index in [0.717, 1.165) is 57.1 Å². The Morgan fingerprint density at radius 1 is 0.567 bits per heavy atom. The van der Waals surface area contributed by atoms with E-state index in [9.17, 15) is 9.59 Å². The van der Waals surface area contributed by atoms with E-state index in [1.807, 2.05) is 92.7 Å². The first kappa shape index (κ1) is 19.5. The summed E-state index contributed by atoms with van der Waals surface area (Å²) in [5, 5.41) is 0. The molecule has 0 aromatic heterocycles. The summed E-state index contributed by atoms with van der Waals surface area (Å²) in [6.07, 6.45) is 1.62. The van der Waals surface area contributed by atoms with Gasteiger partial charge in [0.05, 0.1) is 0 Å². The van der Waals surface area contributed by atoms with Crippen LogP contribution in [-0.2, 0) is 0 Å². The molecule has 0 aliphatic rings. The molecule has 0 aliphatic heterocycles. The number of rotatable bonds is 5. The SMILES string of the molecule is Cc1ccc(-c2cc(-c3ccccc3)c(-c3ccccc3)c(C=O)c2C=O)c(C)c1. The predicted octanol–water partition coefficient (Wildman–Crippen LogP) is 6.93. The molecule has 0 amide bonds. The van der Waals surface area contributed by atoms with E-state index >= 15 is 0 Å². The average molecular weight is 390 g/mol. The van der Waals surface area contributed by atoms with Crippen LogP contribution in [0.25, 0.3) is 33.4 Å². The van der Waals surface area contributed by atoms with Crippen LogP contribution in [0.2, 0.25) is 0 Å². The fourth-order valence-corrected chi connectivity index (χ4v) is 4.07. The molecule has 4 aromatic carbocycles. The van der Waals surface area contributed by atoms with Crippen LogP contribution < -0.4 is 0 Å². The van der Waals surface area contributed by atoms with Crippen molar-refractivity contribution in [2.24, 2.45) is 0 Å². The lowest BCUT2D eigenvalue weighted by Crippen LogP contribution is -2.02. The molecule has 4 rings (SSSR count). The third kappa shape index (κ3) is 3.48. The Hall–Kier alpha value is -3.78. The quantitative estimate of drug-likeness (QED) is 0.346. The number of carbonyl (C=O) groups excluding carboxylic acids is 2. The van der Waals surface area contributed by atoms with Gasteiger partial charge in [0.25, 0.3) is 0 Å². The van der Waals surface area contributed by atoms with Gasteiger partial charge in [0, 0.05) is 16.7 Å². The largest absolute Gasteiger partial charge is 0.298 e. The number of hydrogen-bond acceptors (Lipinski definition) is 2. The molecule has 0 spiro atoms. The second kappa shape index (κ2) is 8.30. The molecule has 2 nitrogen and oxygen atoms in total. The number of benzene rings is 4. The molecule has 0 saturated carbocycles. The van der Waals surface area contributed by atoms with Gasteiger partial charge in [-0.1, -0.05) is 84.4 Å². The first-order valence-corrected chi connectivity index (χ1v) is 9.94. The van der Waals surface area contributed by atoms with Gasteiger partial charge < -0.3 is 0 Å². The smallest absolute Gasteiger partial charge is 0.151 e. The first-order chi connectivity index (χ1) is 14.6. The molecular weight excluding hydrogens is 368 g/mol. The van der Waals surface area contributed by atoms with Gasteiger partial charge in [-0.2, -0.15) is 0 Å². The van der Waals surface area contributed by atoms with Crippen molar-refractivity contribution < 1.29 is 9.59 Å². The summed E-state index contributed by atoms with van der Waals surface area (Å²) in [5.41, 5.74) is 8.45. The molecule has 30 heavy (non-hydrogen) atoms. The molecule has 0 radical (unpaired) electrons. The maximum atomic E-state index is 12.3. The van der Waals surface area contributed by atoms with E-state index in [1.165, 1.54) is 0 Å². The molecule has 0 atom stereocenters. The summed E-state index contributed by atoms with van der Waals surface area (Å²) >= 11 is 0. The van der Waals surface area contributed by atoms with Crippen LogP contribution in [0.5, 0.6) is 0 Å². The highest BCUT2D eigenvalue weighted by Crippen LogP contribution is 2.41. The van der Waals surface area contributed by atoms with Gasteiger partial charge in [-0.15, -0.1) is 0 Å². The Kier molecular flexibility index (Phi) is 5.40. The Bertz CT molecular complexity index is 1220. The molecule has 0 unspecified atom stereocenters. The minimum absolute atomic E-state index is 0.424. The lowest BCUT2D eigenvalue weighted by Gasteiger charge is -2.19. The molecular formula is C28H22O2. The first-order valence-electron chi connectivity index (χ1n) is 9.94. The number of aldehydes is 2. The van der Waals surface area contributed by atoms with Crippen molar-refractivity contribution in [1.82, 2.24) is 0 Å². The second-order valence-corrected chi connectivity index (χ2v) is 7.46. The Labute approximate surface area is 176 Å². The lowest BCUT2D eigenvalue weighted by atomic mass is 9.83. The third-order valence-corrected chi connectivity index (χ3v) is 5.46. The highest BCUT2D eigenvalue weighted by Gasteiger charge is 2.21. The molecule has 0 bridgehead atoms. The molecule has 0 heterocycles. The highest BCUT2D eigenvalue weighted by molar-refractivity contribution is 6.07. The highest BCUT2D eigenvalue weighted by atomic mass is 16.1. The van der Waals surface area contributed by atoms with Crippen LogP contribution in [0.3, 0.4) is 0 Å². The lowest BCUT2D eigenvalue weighted by molar-refractivity contribution is 0.109.